The van der Waals surface area contributed by atoms with Gasteiger partial charge in [0, 0.05) is 17.8 Å². The Hall–Kier alpha value is -2.68. The van der Waals surface area contributed by atoms with Crippen molar-refractivity contribution in [2.75, 3.05) is 11.8 Å². The quantitative estimate of drug-likeness (QED) is 0.672. The fourth-order valence-electron chi connectivity index (χ4n) is 1.72. The van der Waals surface area contributed by atoms with Gasteiger partial charge < -0.3 is 4.74 Å². The average molecular weight is 326 g/mol. The largest absolute Gasteiger partial charge is 0.495 e. The standard InChI is InChI=1S/C13H11FN2O5S/c1-21-12-7-6-11(16(17)18)8-13(12)22(19,20)15-10-4-2-9(14)3-5-10/h2-8,15H,1H3. The van der Waals surface area contributed by atoms with E-state index in [2.05, 4.69) is 4.72 Å². The average Bonchev–Trinajstić information content (AvgIpc) is 2.48. The van der Waals surface area contributed by atoms with Crippen molar-refractivity contribution in [3.63, 3.8) is 0 Å². The van der Waals surface area contributed by atoms with E-state index in [4.69, 9.17) is 4.74 Å². The van der Waals surface area contributed by atoms with Crippen LogP contribution in [0.1, 0.15) is 0 Å². The molecule has 0 radical (unpaired) electrons. The van der Waals surface area contributed by atoms with E-state index in [0.717, 1.165) is 24.3 Å². The van der Waals surface area contributed by atoms with Gasteiger partial charge in [-0.25, -0.2) is 12.8 Å². The molecule has 0 bridgehead atoms. The number of rotatable bonds is 5. The Balaban J connectivity index is 2.45. The number of hydrogen-bond donors (Lipinski definition) is 1. The van der Waals surface area contributed by atoms with Gasteiger partial charge in [0.2, 0.25) is 0 Å². The highest BCUT2D eigenvalue weighted by molar-refractivity contribution is 7.92. The number of methoxy groups -OCH3 is 1. The maximum Gasteiger partial charge on any atom is 0.271 e. The Labute approximate surface area is 125 Å². The van der Waals surface area contributed by atoms with Crippen LogP contribution in [-0.4, -0.2) is 20.5 Å². The molecule has 0 aromatic heterocycles. The maximum atomic E-state index is 12.8. The zero-order valence-electron chi connectivity index (χ0n) is 11.3. The summed E-state index contributed by atoms with van der Waals surface area (Å²) in [7, 11) is -2.88. The van der Waals surface area contributed by atoms with Gasteiger partial charge in [-0.3, -0.25) is 14.8 Å². The molecule has 2 aromatic carbocycles. The number of non-ortho nitro benzene ring substituents is 1. The first-order chi connectivity index (χ1) is 10.3. The second-order valence-corrected chi connectivity index (χ2v) is 5.86. The summed E-state index contributed by atoms with van der Waals surface area (Å²) in [6.45, 7) is 0. The predicted molar refractivity (Wildman–Crippen MR) is 76.9 cm³/mol. The molecule has 22 heavy (non-hydrogen) atoms. The molecule has 2 rings (SSSR count). The summed E-state index contributed by atoms with van der Waals surface area (Å²) in [6, 6.07) is 7.86. The number of hydrogen-bond acceptors (Lipinski definition) is 5. The van der Waals surface area contributed by atoms with Gasteiger partial charge >= 0.3 is 0 Å². The lowest BCUT2D eigenvalue weighted by atomic mass is 10.3. The van der Waals surface area contributed by atoms with Crippen molar-refractivity contribution in [1.29, 1.82) is 0 Å². The molecule has 0 spiro atoms. The molecule has 1 N–H and O–H groups in total. The van der Waals surface area contributed by atoms with Crippen molar-refractivity contribution in [3.8, 4) is 5.75 Å². The van der Waals surface area contributed by atoms with E-state index in [1.807, 2.05) is 0 Å². The van der Waals surface area contributed by atoms with Crippen LogP contribution in [0.15, 0.2) is 47.4 Å². The smallest absolute Gasteiger partial charge is 0.271 e. The Morgan fingerprint density at radius 2 is 1.82 bits per heavy atom. The van der Waals surface area contributed by atoms with Crippen LogP contribution in [-0.2, 0) is 10.0 Å². The van der Waals surface area contributed by atoms with E-state index >= 15 is 0 Å². The van der Waals surface area contributed by atoms with Crippen LogP contribution in [0.4, 0.5) is 15.8 Å². The second kappa shape index (κ2) is 5.98. The van der Waals surface area contributed by atoms with E-state index in [-0.39, 0.29) is 22.0 Å². The molecule has 0 aliphatic rings. The number of nitrogens with one attached hydrogen (secondary N) is 1. The second-order valence-electron chi connectivity index (χ2n) is 4.20. The summed E-state index contributed by atoms with van der Waals surface area (Å²) in [4.78, 5) is 9.69. The van der Waals surface area contributed by atoms with Crippen LogP contribution in [0.2, 0.25) is 0 Å². The van der Waals surface area contributed by atoms with Gasteiger partial charge in [0.05, 0.1) is 12.0 Å². The summed E-state index contributed by atoms with van der Waals surface area (Å²) in [6.07, 6.45) is 0. The highest BCUT2D eigenvalue weighted by atomic mass is 32.2. The zero-order chi connectivity index (χ0) is 16.3. The molecule has 0 amide bonds. The lowest BCUT2D eigenvalue weighted by Crippen LogP contribution is -2.14. The van der Waals surface area contributed by atoms with Gasteiger partial charge in [0.15, 0.2) is 0 Å². The van der Waals surface area contributed by atoms with Crippen molar-refractivity contribution >= 4 is 21.4 Å². The minimum Gasteiger partial charge on any atom is -0.495 e. The number of halogens is 1. The summed E-state index contributed by atoms with van der Waals surface area (Å²) < 4.78 is 44.6. The zero-order valence-corrected chi connectivity index (χ0v) is 12.1. The molecule has 0 saturated heterocycles. The van der Waals surface area contributed by atoms with Gasteiger partial charge in [-0.05, 0) is 30.3 Å². The van der Waals surface area contributed by atoms with Crippen molar-refractivity contribution in [1.82, 2.24) is 0 Å². The molecule has 9 heteroatoms. The molecule has 0 aliphatic heterocycles. The fraction of sp³-hybridized carbons (Fsp3) is 0.0769. The molecule has 0 heterocycles. The fourth-order valence-corrected chi connectivity index (χ4v) is 2.97. The Morgan fingerprint density at radius 3 is 2.36 bits per heavy atom. The minimum atomic E-state index is -4.13. The number of ether oxygens (including phenoxy) is 1. The lowest BCUT2D eigenvalue weighted by Gasteiger charge is -2.11. The van der Waals surface area contributed by atoms with Crippen LogP contribution < -0.4 is 9.46 Å². The monoisotopic (exact) mass is 326 g/mol. The molecule has 0 aliphatic carbocycles. The molecule has 0 saturated carbocycles. The lowest BCUT2D eigenvalue weighted by molar-refractivity contribution is -0.385. The van der Waals surface area contributed by atoms with Gasteiger partial charge in [0.1, 0.15) is 16.5 Å². The maximum absolute atomic E-state index is 12.8. The highest BCUT2D eigenvalue weighted by Gasteiger charge is 2.23. The molecule has 0 unspecified atom stereocenters. The molecule has 2 aromatic rings. The normalized spacial score (nSPS) is 11.0. The third-order valence-corrected chi connectivity index (χ3v) is 4.15. The van der Waals surface area contributed by atoms with E-state index in [1.54, 1.807) is 0 Å². The molecular formula is C13H11FN2O5S. The molecule has 0 fully saturated rings. The number of nitrogens with zero attached hydrogens (tertiary/aromatic N) is 1. The summed E-state index contributed by atoms with van der Waals surface area (Å²) >= 11 is 0. The first kappa shape index (κ1) is 15.7. The third kappa shape index (κ3) is 3.31. The third-order valence-electron chi connectivity index (χ3n) is 2.74. The van der Waals surface area contributed by atoms with E-state index in [9.17, 15) is 22.9 Å². The molecule has 0 atom stereocenters. The van der Waals surface area contributed by atoms with Gasteiger partial charge in [-0.15, -0.1) is 0 Å². The summed E-state index contributed by atoms with van der Waals surface area (Å²) in [5, 5.41) is 10.8. The van der Waals surface area contributed by atoms with Crippen LogP contribution in [0, 0.1) is 15.9 Å². The highest BCUT2D eigenvalue weighted by Crippen LogP contribution is 2.29. The Kier molecular flexibility index (Phi) is 4.27. The summed E-state index contributed by atoms with van der Waals surface area (Å²) in [5.41, 5.74) is -0.268. The Bertz CT molecular complexity index is 806. The number of anilines is 1. The number of nitro groups is 1. The van der Waals surface area contributed by atoms with Gasteiger partial charge in [-0.2, -0.15) is 0 Å². The predicted octanol–water partition coefficient (Wildman–Crippen LogP) is 2.54. The van der Waals surface area contributed by atoms with Crippen LogP contribution in [0.5, 0.6) is 5.75 Å². The van der Waals surface area contributed by atoms with Crippen LogP contribution in [0.25, 0.3) is 0 Å². The SMILES string of the molecule is COc1ccc([N+](=O)[O-])cc1S(=O)(=O)Nc1ccc(F)cc1. The Morgan fingerprint density at radius 1 is 1.18 bits per heavy atom. The molecule has 7 nitrogen and oxygen atoms in total. The van der Waals surface area contributed by atoms with E-state index in [0.29, 0.717) is 0 Å². The van der Waals surface area contributed by atoms with Crippen LogP contribution >= 0.6 is 0 Å². The molecular weight excluding hydrogens is 315 g/mol. The van der Waals surface area contributed by atoms with E-state index < -0.39 is 20.8 Å². The minimum absolute atomic E-state index is 0.0415. The van der Waals surface area contributed by atoms with Crippen molar-refractivity contribution < 1.29 is 22.5 Å². The summed E-state index contributed by atoms with van der Waals surface area (Å²) in [5.74, 6) is -0.559. The molecule has 116 valence electrons. The van der Waals surface area contributed by atoms with Gasteiger partial charge in [0.25, 0.3) is 15.7 Å². The number of sulfonamides is 1. The van der Waals surface area contributed by atoms with Crippen molar-refractivity contribution in [3.05, 3.63) is 58.4 Å². The topological polar surface area (TPSA) is 98.5 Å². The number of nitro benzene ring substituents is 1. The van der Waals surface area contributed by atoms with Crippen molar-refractivity contribution in [2.24, 2.45) is 0 Å². The van der Waals surface area contributed by atoms with Crippen LogP contribution in [0.3, 0.4) is 0 Å². The first-order valence-corrected chi connectivity index (χ1v) is 7.42. The first-order valence-electron chi connectivity index (χ1n) is 5.94. The van der Waals surface area contributed by atoms with E-state index in [1.165, 1.54) is 25.3 Å². The number of benzene rings is 2. The van der Waals surface area contributed by atoms with Gasteiger partial charge in [-0.1, -0.05) is 0 Å². The van der Waals surface area contributed by atoms with Crippen molar-refractivity contribution in [2.45, 2.75) is 4.90 Å².